The number of aromatic amines is 1. The van der Waals surface area contributed by atoms with Gasteiger partial charge in [0.25, 0.3) is 5.91 Å². The lowest BCUT2D eigenvalue weighted by Gasteiger charge is -2.16. The third-order valence-electron chi connectivity index (χ3n) is 2.78. The number of hydrogen-bond acceptors (Lipinski definition) is 5. The number of nitrogens with one attached hydrogen (secondary N) is 1. The van der Waals surface area contributed by atoms with Crippen LogP contribution in [0.25, 0.3) is 0 Å². The molecule has 0 unspecified atom stereocenters. The summed E-state index contributed by atoms with van der Waals surface area (Å²) in [6, 6.07) is 5.93. The summed E-state index contributed by atoms with van der Waals surface area (Å²) >= 11 is 0. The van der Waals surface area contributed by atoms with Crippen LogP contribution in [0.4, 0.5) is 5.69 Å². The summed E-state index contributed by atoms with van der Waals surface area (Å²) in [6.07, 6.45) is 3.26. The molecule has 8 heteroatoms. The number of nitrogens with zero attached hydrogens (tertiary/aromatic N) is 3. The second kappa shape index (κ2) is 6.51. The minimum absolute atomic E-state index is 0.0715. The normalized spacial score (nSPS) is 10.1. The molecule has 8 nitrogen and oxygen atoms in total. The van der Waals surface area contributed by atoms with Gasteiger partial charge < -0.3 is 14.6 Å². The number of ether oxygens (including phenoxy) is 1. The molecule has 0 saturated carbocycles. The lowest BCUT2D eigenvalue weighted by molar-refractivity contribution is -0.385. The lowest BCUT2D eigenvalue weighted by Crippen LogP contribution is -2.31. The molecular formula is C13H14N4O4. The fourth-order valence-corrected chi connectivity index (χ4v) is 1.68. The van der Waals surface area contributed by atoms with Crippen molar-refractivity contribution in [1.29, 1.82) is 0 Å². The Hall–Kier alpha value is -2.90. The summed E-state index contributed by atoms with van der Waals surface area (Å²) in [6.45, 7) is 0.0359. The van der Waals surface area contributed by atoms with Crippen molar-refractivity contribution in [3.05, 3.63) is 52.6 Å². The standard InChI is InChI=1S/C13H14N4O4/c1-16(8-12-14-6-7-15-12)13(18)9-21-11-5-3-2-4-10(11)17(19)20/h2-7H,8-9H2,1H3,(H,14,15). The van der Waals surface area contributed by atoms with Gasteiger partial charge in [-0.25, -0.2) is 4.98 Å². The van der Waals surface area contributed by atoms with Crippen LogP contribution in [0.1, 0.15) is 5.82 Å². The van der Waals surface area contributed by atoms with Crippen molar-refractivity contribution in [2.45, 2.75) is 6.54 Å². The Morgan fingerprint density at radius 2 is 2.24 bits per heavy atom. The summed E-state index contributed by atoms with van der Waals surface area (Å²) in [4.78, 5) is 30.5. The summed E-state index contributed by atoms with van der Waals surface area (Å²) in [5, 5.41) is 10.8. The second-order valence-electron chi connectivity index (χ2n) is 4.30. The first-order chi connectivity index (χ1) is 10.1. The van der Waals surface area contributed by atoms with Crippen LogP contribution < -0.4 is 4.74 Å². The maximum atomic E-state index is 11.9. The van der Waals surface area contributed by atoms with Gasteiger partial charge in [-0.2, -0.15) is 0 Å². The average molecular weight is 290 g/mol. The molecule has 1 aromatic heterocycles. The molecular weight excluding hydrogens is 276 g/mol. The Morgan fingerprint density at radius 1 is 1.48 bits per heavy atom. The van der Waals surface area contributed by atoms with Crippen LogP contribution in [0.15, 0.2) is 36.7 Å². The van der Waals surface area contributed by atoms with Crippen molar-refractivity contribution in [3.8, 4) is 5.75 Å². The highest BCUT2D eigenvalue weighted by atomic mass is 16.6. The van der Waals surface area contributed by atoms with Crippen LogP contribution >= 0.6 is 0 Å². The molecule has 21 heavy (non-hydrogen) atoms. The Kier molecular flexibility index (Phi) is 4.50. The van der Waals surface area contributed by atoms with E-state index in [-0.39, 0.29) is 24.0 Å². The summed E-state index contributed by atoms with van der Waals surface area (Å²) in [5.41, 5.74) is -0.168. The van der Waals surface area contributed by atoms with Crippen molar-refractivity contribution in [1.82, 2.24) is 14.9 Å². The molecule has 2 rings (SSSR count). The molecule has 1 aromatic carbocycles. The smallest absolute Gasteiger partial charge is 0.310 e. The van der Waals surface area contributed by atoms with Crippen LogP contribution in [0, 0.1) is 10.1 Å². The van der Waals surface area contributed by atoms with Crippen molar-refractivity contribution in [3.63, 3.8) is 0 Å². The molecule has 1 amide bonds. The minimum atomic E-state index is -0.549. The van der Waals surface area contributed by atoms with E-state index in [1.807, 2.05) is 0 Å². The predicted octanol–water partition coefficient (Wildman–Crippen LogP) is 1.36. The average Bonchev–Trinajstić information content (AvgIpc) is 2.97. The molecule has 0 saturated heterocycles. The van der Waals surface area contributed by atoms with Gasteiger partial charge in [0.1, 0.15) is 5.82 Å². The van der Waals surface area contributed by atoms with E-state index in [1.54, 1.807) is 25.5 Å². The highest BCUT2D eigenvalue weighted by Crippen LogP contribution is 2.25. The van der Waals surface area contributed by atoms with Gasteiger partial charge in [0.15, 0.2) is 12.4 Å². The van der Waals surface area contributed by atoms with Gasteiger partial charge in [0, 0.05) is 25.5 Å². The summed E-state index contributed by atoms with van der Waals surface area (Å²) in [7, 11) is 1.60. The number of amides is 1. The van der Waals surface area contributed by atoms with E-state index in [0.29, 0.717) is 12.4 Å². The van der Waals surface area contributed by atoms with E-state index < -0.39 is 4.92 Å². The molecule has 0 spiro atoms. The van der Waals surface area contributed by atoms with Gasteiger partial charge in [-0.1, -0.05) is 12.1 Å². The van der Waals surface area contributed by atoms with Gasteiger partial charge in [0.2, 0.25) is 0 Å². The van der Waals surface area contributed by atoms with Crippen LogP contribution in [0.2, 0.25) is 0 Å². The third kappa shape index (κ3) is 3.78. The zero-order valence-electron chi connectivity index (χ0n) is 11.4. The first-order valence-corrected chi connectivity index (χ1v) is 6.16. The monoisotopic (exact) mass is 290 g/mol. The highest BCUT2D eigenvalue weighted by molar-refractivity contribution is 5.77. The number of nitro benzene ring substituents is 1. The topological polar surface area (TPSA) is 101 Å². The van der Waals surface area contributed by atoms with E-state index in [0.717, 1.165) is 0 Å². The third-order valence-corrected chi connectivity index (χ3v) is 2.78. The molecule has 0 radical (unpaired) electrons. The van der Waals surface area contributed by atoms with E-state index >= 15 is 0 Å². The number of H-pyrrole nitrogens is 1. The molecule has 0 aliphatic rings. The van der Waals surface area contributed by atoms with Crippen LogP contribution in [-0.2, 0) is 11.3 Å². The number of aromatic nitrogens is 2. The van der Waals surface area contributed by atoms with Gasteiger partial charge >= 0.3 is 5.69 Å². The zero-order valence-corrected chi connectivity index (χ0v) is 11.4. The number of rotatable bonds is 6. The Balaban J connectivity index is 1.93. The molecule has 0 aliphatic carbocycles. The van der Waals surface area contributed by atoms with Gasteiger partial charge in [0.05, 0.1) is 11.5 Å². The van der Waals surface area contributed by atoms with Crippen molar-refractivity contribution < 1.29 is 14.5 Å². The zero-order chi connectivity index (χ0) is 15.2. The Morgan fingerprint density at radius 3 is 2.90 bits per heavy atom. The first kappa shape index (κ1) is 14.5. The summed E-state index contributed by atoms with van der Waals surface area (Å²) in [5.74, 6) is 0.420. The number of likely N-dealkylation sites (N-methyl/N-ethyl adjacent to an activating group) is 1. The van der Waals surface area contributed by atoms with E-state index in [1.165, 1.54) is 23.1 Å². The van der Waals surface area contributed by atoms with Crippen LogP contribution in [0.5, 0.6) is 5.75 Å². The molecule has 0 fully saturated rings. The number of imidazole rings is 1. The maximum absolute atomic E-state index is 11.9. The van der Waals surface area contributed by atoms with Crippen molar-refractivity contribution in [2.75, 3.05) is 13.7 Å². The molecule has 1 N–H and O–H groups in total. The van der Waals surface area contributed by atoms with E-state index in [4.69, 9.17) is 4.74 Å². The van der Waals surface area contributed by atoms with Crippen LogP contribution in [-0.4, -0.2) is 39.4 Å². The summed E-state index contributed by atoms with van der Waals surface area (Å²) < 4.78 is 5.24. The molecule has 0 atom stereocenters. The van der Waals surface area contributed by atoms with E-state index in [2.05, 4.69) is 9.97 Å². The number of benzene rings is 1. The number of carbonyl (C=O) groups is 1. The maximum Gasteiger partial charge on any atom is 0.310 e. The number of nitro groups is 1. The quantitative estimate of drug-likeness (QED) is 0.639. The molecule has 1 heterocycles. The largest absolute Gasteiger partial charge is 0.477 e. The van der Waals surface area contributed by atoms with Crippen molar-refractivity contribution in [2.24, 2.45) is 0 Å². The molecule has 110 valence electrons. The lowest BCUT2D eigenvalue weighted by atomic mass is 10.3. The molecule has 2 aromatic rings. The SMILES string of the molecule is CN(Cc1ncc[nH]1)C(=O)COc1ccccc1[N+](=O)[O-]. The number of carbonyl (C=O) groups excluding carboxylic acids is 1. The van der Waals surface area contributed by atoms with Crippen LogP contribution in [0.3, 0.4) is 0 Å². The highest BCUT2D eigenvalue weighted by Gasteiger charge is 2.16. The van der Waals surface area contributed by atoms with Gasteiger partial charge in [-0.15, -0.1) is 0 Å². The molecule has 0 aliphatic heterocycles. The van der Waals surface area contributed by atoms with Gasteiger partial charge in [-0.05, 0) is 6.07 Å². The fraction of sp³-hybridized carbons (Fsp3) is 0.231. The minimum Gasteiger partial charge on any atom is -0.477 e. The molecule has 0 bridgehead atoms. The first-order valence-electron chi connectivity index (χ1n) is 6.16. The fourth-order valence-electron chi connectivity index (χ4n) is 1.68. The number of para-hydroxylation sites is 2. The Labute approximate surface area is 120 Å². The number of hydrogen-bond donors (Lipinski definition) is 1. The van der Waals surface area contributed by atoms with Crippen molar-refractivity contribution >= 4 is 11.6 Å². The van der Waals surface area contributed by atoms with E-state index in [9.17, 15) is 14.9 Å². The second-order valence-corrected chi connectivity index (χ2v) is 4.30. The predicted molar refractivity (Wildman–Crippen MR) is 73.7 cm³/mol. The van der Waals surface area contributed by atoms with Gasteiger partial charge in [-0.3, -0.25) is 14.9 Å². The Bertz CT molecular complexity index is 627.